The molecule has 1 unspecified atom stereocenters. The molecule has 0 spiro atoms. The van der Waals surface area contributed by atoms with E-state index in [1.165, 1.54) is 29.4 Å². The fourth-order valence-electron chi connectivity index (χ4n) is 3.24. The van der Waals surface area contributed by atoms with Crippen LogP contribution in [0, 0.1) is 5.41 Å². The van der Waals surface area contributed by atoms with Gasteiger partial charge >= 0.3 is 0 Å². The highest BCUT2D eigenvalue weighted by Gasteiger charge is 2.25. The lowest BCUT2D eigenvalue weighted by atomic mass is 9.80. The van der Waals surface area contributed by atoms with Crippen LogP contribution in [0.5, 0.6) is 0 Å². The molecule has 0 saturated carbocycles. The number of nitrogens with one attached hydrogen (secondary N) is 1. The molecule has 1 N–H and O–H groups in total. The monoisotopic (exact) mass is 273 g/mol. The van der Waals surface area contributed by atoms with Crippen LogP contribution in [0.1, 0.15) is 39.3 Å². The van der Waals surface area contributed by atoms with Crippen LogP contribution in [0.25, 0.3) is 10.9 Å². The Morgan fingerprint density at radius 1 is 1.25 bits per heavy atom. The molecule has 1 atom stereocenters. The lowest BCUT2D eigenvalue weighted by Gasteiger charge is -2.28. The van der Waals surface area contributed by atoms with Gasteiger partial charge in [0.1, 0.15) is 0 Å². The second-order valence-electron chi connectivity index (χ2n) is 6.05. The Morgan fingerprint density at radius 2 is 2.00 bits per heavy atom. The first-order valence-electron chi connectivity index (χ1n) is 7.72. The van der Waals surface area contributed by atoms with Crippen LogP contribution in [0.4, 0.5) is 0 Å². The van der Waals surface area contributed by atoms with Crippen molar-refractivity contribution < 1.29 is 0 Å². The fourth-order valence-corrected chi connectivity index (χ4v) is 3.24. The quantitative estimate of drug-likeness (QED) is 0.835. The molecular formula is C17H27N3. The van der Waals surface area contributed by atoms with Gasteiger partial charge in [0.2, 0.25) is 0 Å². The highest BCUT2D eigenvalue weighted by molar-refractivity contribution is 5.82. The maximum absolute atomic E-state index is 4.85. The molecule has 0 radical (unpaired) electrons. The van der Waals surface area contributed by atoms with Crippen LogP contribution < -0.4 is 5.32 Å². The number of benzene rings is 1. The van der Waals surface area contributed by atoms with E-state index < -0.39 is 0 Å². The molecule has 0 aliphatic heterocycles. The molecule has 0 aliphatic carbocycles. The van der Waals surface area contributed by atoms with Crippen LogP contribution >= 0.6 is 0 Å². The lowest BCUT2D eigenvalue weighted by molar-refractivity contribution is 0.280. The van der Waals surface area contributed by atoms with E-state index in [-0.39, 0.29) is 5.41 Å². The van der Waals surface area contributed by atoms with Gasteiger partial charge < -0.3 is 5.32 Å². The molecule has 2 aromatic rings. The molecule has 0 aliphatic rings. The predicted molar refractivity (Wildman–Crippen MR) is 86.1 cm³/mol. The van der Waals surface area contributed by atoms with Gasteiger partial charge in [-0.05, 0) is 38.3 Å². The molecule has 3 nitrogen and oxygen atoms in total. The first kappa shape index (κ1) is 15.0. The minimum absolute atomic E-state index is 0.277. The zero-order valence-corrected chi connectivity index (χ0v) is 13.2. The van der Waals surface area contributed by atoms with E-state index in [2.05, 4.69) is 55.0 Å². The number of hydrogen-bond acceptors (Lipinski definition) is 2. The van der Waals surface area contributed by atoms with Crippen LogP contribution in [-0.2, 0) is 13.0 Å². The van der Waals surface area contributed by atoms with Crippen LogP contribution in [-0.4, -0.2) is 23.4 Å². The van der Waals surface area contributed by atoms with E-state index in [1.807, 2.05) is 7.05 Å². The summed E-state index contributed by atoms with van der Waals surface area (Å²) >= 11 is 0. The first-order valence-corrected chi connectivity index (χ1v) is 7.72. The number of rotatable bonds is 7. The Balaban J connectivity index is 2.37. The zero-order valence-electron chi connectivity index (χ0n) is 13.2. The maximum Gasteiger partial charge on any atom is 0.0709 e. The molecule has 1 aromatic carbocycles. The van der Waals surface area contributed by atoms with Gasteiger partial charge in [-0.25, -0.2) is 0 Å². The van der Waals surface area contributed by atoms with E-state index in [9.17, 15) is 0 Å². The van der Waals surface area contributed by atoms with Crippen molar-refractivity contribution in [2.75, 3.05) is 13.6 Å². The summed E-state index contributed by atoms with van der Waals surface area (Å²) < 4.78 is 2.12. The van der Waals surface area contributed by atoms with Crippen molar-refractivity contribution >= 4 is 10.9 Å². The van der Waals surface area contributed by atoms with E-state index in [1.54, 1.807) is 0 Å². The Morgan fingerprint density at radius 3 is 2.65 bits per heavy atom. The smallest absolute Gasteiger partial charge is 0.0709 e. The summed E-state index contributed by atoms with van der Waals surface area (Å²) in [6, 6.07) is 8.58. The molecular weight excluding hydrogens is 246 g/mol. The van der Waals surface area contributed by atoms with E-state index in [4.69, 9.17) is 5.10 Å². The molecule has 110 valence electrons. The van der Waals surface area contributed by atoms with Gasteiger partial charge in [0, 0.05) is 18.5 Å². The molecule has 0 fully saturated rings. The van der Waals surface area contributed by atoms with Crippen LogP contribution in [0.15, 0.2) is 24.3 Å². The van der Waals surface area contributed by atoms with E-state index >= 15 is 0 Å². The third-order valence-corrected chi connectivity index (χ3v) is 4.09. The summed E-state index contributed by atoms with van der Waals surface area (Å²) in [6.07, 6.45) is 3.47. The van der Waals surface area contributed by atoms with Crippen molar-refractivity contribution in [2.24, 2.45) is 5.41 Å². The Labute approximate surface area is 122 Å². The molecule has 2 rings (SSSR count). The highest BCUT2D eigenvalue weighted by Crippen LogP contribution is 2.30. The third kappa shape index (κ3) is 3.04. The Hall–Kier alpha value is -1.35. The van der Waals surface area contributed by atoms with Gasteiger partial charge in [-0.2, -0.15) is 5.10 Å². The summed E-state index contributed by atoms with van der Waals surface area (Å²) in [7, 11) is 2.04. The minimum Gasteiger partial charge on any atom is -0.319 e. The minimum atomic E-state index is 0.277. The summed E-state index contributed by atoms with van der Waals surface area (Å²) in [6.45, 7) is 8.75. The van der Waals surface area contributed by atoms with Gasteiger partial charge in [-0.1, -0.05) is 38.5 Å². The molecule has 3 heteroatoms. The zero-order chi connectivity index (χ0) is 14.6. The second kappa shape index (κ2) is 6.40. The molecule has 0 saturated heterocycles. The number of para-hydroxylation sites is 1. The SMILES string of the molecule is CCCC(C)(CNC)Cc1nn(CC)c2ccccc12. The fraction of sp³-hybridized carbons (Fsp3) is 0.588. The lowest BCUT2D eigenvalue weighted by Crippen LogP contribution is -2.32. The molecule has 0 amide bonds. The molecule has 1 aromatic heterocycles. The van der Waals surface area contributed by atoms with E-state index in [0.717, 1.165) is 19.5 Å². The van der Waals surface area contributed by atoms with Crippen molar-refractivity contribution in [3.05, 3.63) is 30.0 Å². The second-order valence-corrected chi connectivity index (χ2v) is 6.05. The number of fused-ring (bicyclic) bond motifs is 1. The van der Waals surface area contributed by atoms with Crippen molar-refractivity contribution in [2.45, 2.75) is 46.6 Å². The maximum atomic E-state index is 4.85. The van der Waals surface area contributed by atoms with Gasteiger partial charge in [0.05, 0.1) is 11.2 Å². The number of aryl methyl sites for hydroxylation is 1. The average molecular weight is 273 g/mol. The van der Waals surface area contributed by atoms with E-state index in [0.29, 0.717) is 0 Å². The Kier molecular flexibility index (Phi) is 4.81. The van der Waals surface area contributed by atoms with Crippen molar-refractivity contribution in [1.29, 1.82) is 0 Å². The van der Waals surface area contributed by atoms with Gasteiger partial charge in [0.25, 0.3) is 0 Å². The standard InChI is InChI=1S/C17H27N3/c1-5-11-17(3,13-18-4)12-15-14-9-7-8-10-16(14)20(6-2)19-15/h7-10,18H,5-6,11-13H2,1-4H3. The topological polar surface area (TPSA) is 29.9 Å². The van der Waals surface area contributed by atoms with Gasteiger partial charge in [0.15, 0.2) is 0 Å². The summed E-state index contributed by atoms with van der Waals surface area (Å²) in [5.41, 5.74) is 2.78. The first-order chi connectivity index (χ1) is 9.63. The highest BCUT2D eigenvalue weighted by atomic mass is 15.3. The van der Waals surface area contributed by atoms with Crippen LogP contribution in [0.3, 0.4) is 0 Å². The van der Waals surface area contributed by atoms with Gasteiger partial charge in [-0.15, -0.1) is 0 Å². The summed E-state index contributed by atoms with van der Waals surface area (Å²) in [5.74, 6) is 0. The molecule has 0 bridgehead atoms. The number of aromatic nitrogens is 2. The normalized spacial score (nSPS) is 14.6. The van der Waals surface area contributed by atoms with Crippen LogP contribution in [0.2, 0.25) is 0 Å². The largest absolute Gasteiger partial charge is 0.319 e. The average Bonchev–Trinajstić information content (AvgIpc) is 2.77. The van der Waals surface area contributed by atoms with Crippen molar-refractivity contribution in [3.8, 4) is 0 Å². The van der Waals surface area contributed by atoms with Crippen molar-refractivity contribution in [3.63, 3.8) is 0 Å². The molecule has 1 heterocycles. The summed E-state index contributed by atoms with van der Waals surface area (Å²) in [4.78, 5) is 0. The summed E-state index contributed by atoms with van der Waals surface area (Å²) in [5, 5.41) is 9.51. The molecule has 20 heavy (non-hydrogen) atoms. The van der Waals surface area contributed by atoms with Gasteiger partial charge in [-0.3, -0.25) is 4.68 Å². The van der Waals surface area contributed by atoms with Crippen molar-refractivity contribution in [1.82, 2.24) is 15.1 Å². The Bertz CT molecular complexity index is 550. The third-order valence-electron chi connectivity index (χ3n) is 4.09. The predicted octanol–water partition coefficient (Wildman–Crippen LogP) is 3.62. The number of hydrogen-bond donors (Lipinski definition) is 1. The number of nitrogens with zero attached hydrogens (tertiary/aromatic N) is 2.